The summed E-state index contributed by atoms with van der Waals surface area (Å²) in [7, 11) is 0. The van der Waals surface area contributed by atoms with Gasteiger partial charge in [0.1, 0.15) is 0 Å². The van der Waals surface area contributed by atoms with Crippen molar-refractivity contribution in [1.82, 2.24) is 10.6 Å². The number of hydrogen-bond donors (Lipinski definition) is 3. The van der Waals surface area contributed by atoms with Crippen LogP contribution < -0.4 is 16.4 Å². The molecule has 1 aliphatic heterocycles. The number of nitrogens with one attached hydrogen (secondary N) is 2. The summed E-state index contributed by atoms with van der Waals surface area (Å²) in [5.74, 6) is 0.00518. The molecule has 1 rings (SSSR count). The van der Waals surface area contributed by atoms with Crippen molar-refractivity contribution in [3.63, 3.8) is 0 Å². The molecule has 1 saturated heterocycles. The first kappa shape index (κ1) is 8.99. The summed E-state index contributed by atoms with van der Waals surface area (Å²) in [6, 6.07) is 0. The minimum Gasteiger partial charge on any atom is -0.356 e. The van der Waals surface area contributed by atoms with Gasteiger partial charge in [0.05, 0.1) is 6.17 Å². The van der Waals surface area contributed by atoms with E-state index >= 15 is 0 Å². The van der Waals surface area contributed by atoms with Crippen molar-refractivity contribution in [3.05, 3.63) is 0 Å². The molecule has 0 radical (unpaired) electrons. The molecule has 0 aromatic carbocycles. The van der Waals surface area contributed by atoms with E-state index in [1.807, 2.05) is 0 Å². The molecule has 2 unspecified atom stereocenters. The molecule has 0 aliphatic carbocycles. The Kier molecular flexibility index (Phi) is 3.04. The van der Waals surface area contributed by atoms with Crippen molar-refractivity contribution >= 4 is 12.3 Å². The van der Waals surface area contributed by atoms with Gasteiger partial charge in [-0.2, -0.15) is 0 Å². The van der Waals surface area contributed by atoms with Crippen molar-refractivity contribution in [2.45, 2.75) is 19.0 Å². The van der Waals surface area contributed by atoms with Crippen LogP contribution in [0.1, 0.15) is 12.8 Å². The average molecular weight is 171 g/mol. The van der Waals surface area contributed by atoms with Gasteiger partial charge >= 0.3 is 0 Å². The maximum atomic E-state index is 11.0. The number of hydrogen-bond acceptors (Lipinski definition) is 3. The fourth-order valence-electron chi connectivity index (χ4n) is 1.33. The quantitative estimate of drug-likeness (QED) is 0.357. The van der Waals surface area contributed by atoms with E-state index in [4.69, 9.17) is 5.73 Å². The van der Waals surface area contributed by atoms with Crippen molar-refractivity contribution in [2.24, 2.45) is 11.7 Å². The summed E-state index contributed by atoms with van der Waals surface area (Å²) in [6.45, 7) is 0.720. The van der Waals surface area contributed by atoms with Gasteiger partial charge in [-0.25, -0.2) is 0 Å². The molecule has 2 amide bonds. The highest BCUT2D eigenvalue weighted by Gasteiger charge is 2.25. The third kappa shape index (κ3) is 2.20. The van der Waals surface area contributed by atoms with Gasteiger partial charge in [0, 0.05) is 12.5 Å². The molecule has 5 nitrogen and oxygen atoms in total. The van der Waals surface area contributed by atoms with Crippen molar-refractivity contribution in [1.29, 1.82) is 0 Å². The van der Waals surface area contributed by atoms with Crippen molar-refractivity contribution in [3.8, 4) is 0 Å². The van der Waals surface area contributed by atoms with Gasteiger partial charge in [0.2, 0.25) is 12.3 Å². The molecule has 5 heteroatoms. The standard InChI is InChI=1S/C7H13N3O2/c8-6(10-4-11)3-5-1-2-9-7(5)12/h4-6H,1-3,8H2,(H,9,12)(H,10,11). The van der Waals surface area contributed by atoms with Crippen LogP contribution in [-0.4, -0.2) is 25.0 Å². The fourth-order valence-corrected chi connectivity index (χ4v) is 1.33. The average Bonchev–Trinajstić information content (AvgIpc) is 2.37. The lowest BCUT2D eigenvalue weighted by Crippen LogP contribution is -2.39. The number of amides is 2. The lowest BCUT2D eigenvalue weighted by atomic mass is 10.0. The highest BCUT2D eigenvalue weighted by atomic mass is 16.2. The summed E-state index contributed by atoms with van der Waals surface area (Å²) in [5, 5.41) is 5.12. The highest BCUT2D eigenvalue weighted by molar-refractivity contribution is 5.80. The third-order valence-corrected chi connectivity index (χ3v) is 1.98. The largest absolute Gasteiger partial charge is 0.356 e. The Labute approximate surface area is 70.7 Å². The van der Waals surface area contributed by atoms with Crippen LogP contribution in [0.3, 0.4) is 0 Å². The summed E-state index contributed by atoms with van der Waals surface area (Å²) in [6.07, 6.45) is 1.48. The number of carbonyl (C=O) groups is 2. The van der Waals surface area contributed by atoms with E-state index in [9.17, 15) is 9.59 Å². The van der Waals surface area contributed by atoms with Gasteiger partial charge in [-0.15, -0.1) is 0 Å². The van der Waals surface area contributed by atoms with E-state index < -0.39 is 6.17 Å². The molecule has 68 valence electrons. The SMILES string of the molecule is NC(CC1CCNC1=O)NC=O. The van der Waals surface area contributed by atoms with Gasteiger partial charge < -0.3 is 16.4 Å². The van der Waals surface area contributed by atoms with Crippen LogP contribution in [0.15, 0.2) is 0 Å². The van der Waals surface area contributed by atoms with Crippen LogP contribution in [0.25, 0.3) is 0 Å². The molecule has 1 heterocycles. The van der Waals surface area contributed by atoms with Gasteiger partial charge in [-0.1, -0.05) is 0 Å². The molecule has 1 aliphatic rings. The lowest BCUT2D eigenvalue weighted by Gasteiger charge is -2.12. The molecule has 2 atom stereocenters. The number of carbonyl (C=O) groups excluding carboxylic acids is 2. The smallest absolute Gasteiger partial charge is 0.223 e. The topological polar surface area (TPSA) is 84.2 Å². The van der Waals surface area contributed by atoms with Crippen molar-refractivity contribution in [2.75, 3.05) is 6.54 Å². The van der Waals surface area contributed by atoms with Gasteiger partial charge in [-0.05, 0) is 12.8 Å². The molecule has 1 fully saturated rings. The Hall–Kier alpha value is -1.10. The van der Waals surface area contributed by atoms with Crippen LogP contribution in [0.4, 0.5) is 0 Å². The molecular weight excluding hydrogens is 158 g/mol. The summed E-state index contributed by atoms with van der Waals surface area (Å²) >= 11 is 0. The molecule has 0 spiro atoms. The van der Waals surface area contributed by atoms with Crippen LogP contribution in [0, 0.1) is 5.92 Å². The first-order valence-corrected chi connectivity index (χ1v) is 3.97. The predicted molar refractivity (Wildman–Crippen MR) is 42.9 cm³/mol. The number of nitrogens with two attached hydrogens (primary N) is 1. The zero-order valence-electron chi connectivity index (χ0n) is 6.75. The Morgan fingerprint density at radius 2 is 2.58 bits per heavy atom. The van der Waals surface area contributed by atoms with E-state index in [1.165, 1.54) is 0 Å². The molecule has 0 bridgehead atoms. The minimum absolute atomic E-state index is 0.0348. The minimum atomic E-state index is -0.406. The van der Waals surface area contributed by atoms with Crippen LogP contribution in [0.5, 0.6) is 0 Å². The zero-order valence-corrected chi connectivity index (χ0v) is 6.75. The van der Waals surface area contributed by atoms with Crippen molar-refractivity contribution < 1.29 is 9.59 Å². The highest BCUT2D eigenvalue weighted by Crippen LogP contribution is 2.13. The molecule has 0 aromatic heterocycles. The van der Waals surface area contributed by atoms with E-state index in [1.54, 1.807) is 0 Å². The monoisotopic (exact) mass is 171 g/mol. The lowest BCUT2D eigenvalue weighted by molar-refractivity contribution is -0.123. The first-order valence-electron chi connectivity index (χ1n) is 3.97. The second-order valence-corrected chi connectivity index (χ2v) is 2.90. The summed E-state index contributed by atoms with van der Waals surface area (Å²) < 4.78 is 0. The maximum absolute atomic E-state index is 11.0. The fraction of sp³-hybridized carbons (Fsp3) is 0.714. The van der Waals surface area contributed by atoms with Crippen LogP contribution in [-0.2, 0) is 9.59 Å². The Morgan fingerprint density at radius 3 is 3.08 bits per heavy atom. The van der Waals surface area contributed by atoms with E-state index in [0.29, 0.717) is 12.8 Å². The maximum Gasteiger partial charge on any atom is 0.223 e. The van der Waals surface area contributed by atoms with Gasteiger partial charge in [-0.3, -0.25) is 9.59 Å². The molecule has 0 aromatic rings. The second-order valence-electron chi connectivity index (χ2n) is 2.90. The zero-order chi connectivity index (χ0) is 8.97. The predicted octanol–water partition coefficient (Wildman–Crippen LogP) is -1.46. The number of rotatable bonds is 4. The molecular formula is C7H13N3O2. The van der Waals surface area contributed by atoms with E-state index in [-0.39, 0.29) is 11.8 Å². The van der Waals surface area contributed by atoms with Gasteiger partial charge in [0.25, 0.3) is 0 Å². The Morgan fingerprint density at radius 1 is 1.83 bits per heavy atom. The Balaban J connectivity index is 2.29. The summed E-state index contributed by atoms with van der Waals surface area (Å²) in [4.78, 5) is 21.0. The van der Waals surface area contributed by atoms with Crippen LogP contribution >= 0.6 is 0 Å². The third-order valence-electron chi connectivity index (χ3n) is 1.98. The second kappa shape index (κ2) is 4.06. The molecule has 4 N–H and O–H groups in total. The molecule has 12 heavy (non-hydrogen) atoms. The van der Waals surface area contributed by atoms with Crippen LogP contribution in [0.2, 0.25) is 0 Å². The first-order chi connectivity index (χ1) is 5.74. The normalized spacial score (nSPS) is 24.8. The molecule has 0 saturated carbocycles. The van der Waals surface area contributed by atoms with E-state index in [0.717, 1.165) is 13.0 Å². The Bertz CT molecular complexity index is 183. The van der Waals surface area contributed by atoms with E-state index in [2.05, 4.69) is 10.6 Å². The summed E-state index contributed by atoms with van der Waals surface area (Å²) in [5.41, 5.74) is 5.50. The van der Waals surface area contributed by atoms with Gasteiger partial charge in [0.15, 0.2) is 0 Å².